The molecule has 2 aliphatic rings. The minimum absolute atomic E-state index is 0.0586. The Morgan fingerprint density at radius 1 is 1.31 bits per heavy atom. The zero-order chi connectivity index (χ0) is 26.0. The molecular formula is C25H31N5O4S2. The lowest BCUT2D eigenvalue weighted by Crippen LogP contribution is -2.31. The Balaban J connectivity index is 1.49. The van der Waals surface area contributed by atoms with E-state index in [1.165, 1.54) is 23.1 Å². The molecule has 1 aliphatic heterocycles. The highest BCUT2D eigenvalue weighted by Gasteiger charge is 2.31. The second-order valence-corrected chi connectivity index (χ2v) is 11.1. The fourth-order valence-electron chi connectivity index (χ4n) is 4.26. The van der Waals surface area contributed by atoms with Crippen LogP contribution in [-0.2, 0) is 34.2 Å². The average molecular weight is 530 g/mol. The van der Waals surface area contributed by atoms with Gasteiger partial charge in [-0.1, -0.05) is 11.8 Å². The highest BCUT2D eigenvalue weighted by Crippen LogP contribution is 2.39. The maximum Gasteiger partial charge on any atom is 0.341 e. The Kier molecular flexibility index (Phi) is 7.99. The number of ether oxygens (including phenoxy) is 1. The molecule has 0 radical (unpaired) electrons. The number of amidine groups is 1. The summed E-state index contributed by atoms with van der Waals surface area (Å²) in [6, 6.07) is 0. The van der Waals surface area contributed by atoms with E-state index < -0.39 is 5.97 Å². The Morgan fingerprint density at radius 2 is 2.06 bits per heavy atom. The molecule has 0 fully saturated rings. The Bertz CT molecular complexity index is 1260. The number of amides is 2. The monoisotopic (exact) mass is 529 g/mol. The van der Waals surface area contributed by atoms with Crippen molar-refractivity contribution in [1.29, 1.82) is 0 Å². The number of nitrogens with one attached hydrogen (secondary N) is 1. The van der Waals surface area contributed by atoms with E-state index in [0.29, 0.717) is 28.0 Å². The van der Waals surface area contributed by atoms with Gasteiger partial charge in [0.05, 0.1) is 23.1 Å². The van der Waals surface area contributed by atoms with Crippen molar-refractivity contribution in [2.45, 2.75) is 59.5 Å². The third kappa shape index (κ3) is 5.57. The van der Waals surface area contributed by atoms with Crippen molar-refractivity contribution in [2.24, 2.45) is 12.0 Å². The minimum Gasteiger partial charge on any atom is -0.459 e. The van der Waals surface area contributed by atoms with Gasteiger partial charge >= 0.3 is 5.97 Å². The van der Waals surface area contributed by atoms with Crippen molar-refractivity contribution in [2.75, 3.05) is 17.6 Å². The van der Waals surface area contributed by atoms with Crippen LogP contribution in [0.25, 0.3) is 6.08 Å². The number of thioether (sulfide) groups is 1. The Hall–Kier alpha value is -2.92. The van der Waals surface area contributed by atoms with Gasteiger partial charge in [0, 0.05) is 30.2 Å². The number of hydrogen-bond acceptors (Lipinski definition) is 8. The van der Waals surface area contributed by atoms with Crippen LogP contribution in [0.1, 0.15) is 65.7 Å². The normalized spacial score (nSPS) is 16.5. The molecule has 11 heteroatoms. The molecule has 9 nitrogen and oxygen atoms in total. The lowest BCUT2D eigenvalue weighted by molar-refractivity contribution is -0.122. The standard InChI is InChI=1S/C25H31N5O4S2/c1-6-30-23(32)18(11-16-12-29(5)28-15(16)4)26-25(30)35-13-20(31)27-22-21(24(33)34-14(2)3)17-9-7-8-10-19(17)36-22/h11-12,14H,6-10,13H2,1-5H3,(H,27,31). The number of rotatable bonds is 7. The number of hydrogen-bond donors (Lipinski definition) is 1. The number of carbonyl (C=O) groups is 3. The number of carbonyl (C=O) groups excluding carboxylic acids is 3. The number of aliphatic imine (C=N–C) groups is 1. The van der Waals surface area contributed by atoms with E-state index in [4.69, 9.17) is 4.74 Å². The van der Waals surface area contributed by atoms with E-state index >= 15 is 0 Å². The van der Waals surface area contributed by atoms with Gasteiger partial charge in [0.1, 0.15) is 10.7 Å². The summed E-state index contributed by atoms with van der Waals surface area (Å²) in [5, 5.41) is 8.25. The Labute approximate surface area is 219 Å². The van der Waals surface area contributed by atoms with Crippen molar-refractivity contribution in [1.82, 2.24) is 14.7 Å². The number of aryl methyl sites for hydroxylation is 3. The molecular weight excluding hydrogens is 498 g/mol. The second kappa shape index (κ2) is 11.0. The van der Waals surface area contributed by atoms with Gasteiger partial charge in [0.25, 0.3) is 5.91 Å². The van der Waals surface area contributed by atoms with Crippen LogP contribution in [0.4, 0.5) is 5.00 Å². The summed E-state index contributed by atoms with van der Waals surface area (Å²) < 4.78 is 7.16. The SMILES string of the molecule is CCN1C(=O)C(=Cc2cn(C)nc2C)N=C1SCC(=O)Nc1sc2c(c1C(=O)OC(C)C)CCCC2. The topological polar surface area (TPSA) is 106 Å². The zero-order valence-corrected chi connectivity index (χ0v) is 22.8. The molecule has 2 aromatic rings. The summed E-state index contributed by atoms with van der Waals surface area (Å²) in [4.78, 5) is 45.8. The summed E-state index contributed by atoms with van der Waals surface area (Å²) in [6.07, 6.45) is 7.13. The van der Waals surface area contributed by atoms with Gasteiger partial charge in [-0.05, 0) is 65.0 Å². The number of fused-ring (bicyclic) bond motifs is 1. The van der Waals surface area contributed by atoms with E-state index in [1.54, 1.807) is 15.7 Å². The highest BCUT2D eigenvalue weighted by molar-refractivity contribution is 8.14. The fraction of sp³-hybridized carbons (Fsp3) is 0.480. The maximum absolute atomic E-state index is 12.9. The smallest absolute Gasteiger partial charge is 0.341 e. The van der Waals surface area contributed by atoms with Gasteiger partial charge in [-0.3, -0.25) is 19.2 Å². The average Bonchev–Trinajstić information content (AvgIpc) is 3.44. The van der Waals surface area contributed by atoms with Crippen LogP contribution >= 0.6 is 23.1 Å². The van der Waals surface area contributed by atoms with Crippen LogP contribution in [0.3, 0.4) is 0 Å². The first-order valence-electron chi connectivity index (χ1n) is 12.1. The van der Waals surface area contributed by atoms with E-state index in [-0.39, 0.29) is 23.7 Å². The molecule has 2 amide bonds. The first kappa shape index (κ1) is 26.2. The van der Waals surface area contributed by atoms with Gasteiger partial charge in [-0.25, -0.2) is 9.79 Å². The zero-order valence-electron chi connectivity index (χ0n) is 21.2. The fourth-order valence-corrected chi connectivity index (χ4v) is 6.42. The molecule has 36 heavy (non-hydrogen) atoms. The number of thiophene rings is 1. The molecule has 192 valence electrons. The summed E-state index contributed by atoms with van der Waals surface area (Å²) in [5.41, 5.74) is 3.44. The summed E-state index contributed by atoms with van der Waals surface area (Å²) >= 11 is 2.66. The largest absolute Gasteiger partial charge is 0.459 e. The first-order valence-corrected chi connectivity index (χ1v) is 13.9. The third-order valence-electron chi connectivity index (χ3n) is 5.87. The van der Waals surface area contributed by atoms with Crippen molar-refractivity contribution in [3.63, 3.8) is 0 Å². The van der Waals surface area contributed by atoms with E-state index in [9.17, 15) is 14.4 Å². The van der Waals surface area contributed by atoms with Gasteiger partial charge in [-0.2, -0.15) is 5.10 Å². The molecule has 2 aromatic heterocycles. The molecule has 1 N–H and O–H groups in total. The van der Waals surface area contributed by atoms with E-state index in [2.05, 4.69) is 15.4 Å². The van der Waals surface area contributed by atoms with E-state index in [0.717, 1.165) is 47.4 Å². The van der Waals surface area contributed by atoms with Gasteiger partial charge in [-0.15, -0.1) is 11.3 Å². The molecule has 1 aliphatic carbocycles. The van der Waals surface area contributed by atoms with E-state index in [1.807, 2.05) is 40.9 Å². The second-order valence-electron chi connectivity index (χ2n) is 9.02. The molecule has 0 saturated carbocycles. The molecule has 4 rings (SSSR count). The number of likely N-dealkylation sites (N-methyl/N-ethyl adjacent to an activating group) is 1. The highest BCUT2D eigenvalue weighted by atomic mass is 32.2. The van der Waals surface area contributed by atoms with Crippen LogP contribution in [0.5, 0.6) is 0 Å². The van der Waals surface area contributed by atoms with Crippen LogP contribution in [0, 0.1) is 6.92 Å². The minimum atomic E-state index is -0.393. The van der Waals surface area contributed by atoms with Crippen molar-refractivity contribution in [3.8, 4) is 0 Å². The molecule has 0 saturated heterocycles. The third-order valence-corrected chi connectivity index (χ3v) is 8.06. The Morgan fingerprint density at radius 3 is 2.72 bits per heavy atom. The number of nitrogens with zero attached hydrogens (tertiary/aromatic N) is 4. The van der Waals surface area contributed by atoms with Crippen LogP contribution in [0.2, 0.25) is 0 Å². The quantitative estimate of drug-likeness (QED) is 0.426. The number of anilines is 1. The summed E-state index contributed by atoms with van der Waals surface area (Å²) in [6.45, 7) is 7.81. The van der Waals surface area contributed by atoms with Crippen molar-refractivity contribution in [3.05, 3.63) is 39.2 Å². The van der Waals surface area contributed by atoms with Crippen LogP contribution in [-0.4, -0.2) is 56.0 Å². The van der Waals surface area contributed by atoms with Gasteiger partial charge in [0.2, 0.25) is 5.91 Å². The van der Waals surface area contributed by atoms with Gasteiger partial charge in [0.15, 0.2) is 5.17 Å². The maximum atomic E-state index is 12.9. The number of aromatic nitrogens is 2. The lowest BCUT2D eigenvalue weighted by atomic mass is 9.95. The van der Waals surface area contributed by atoms with Crippen molar-refractivity contribution < 1.29 is 19.1 Å². The number of esters is 1. The lowest BCUT2D eigenvalue weighted by Gasteiger charge is -2.15. The predicted octanol–water partition coefficient (Wildman–Crippen LogP) is 4.16. The van der Waals surface area contributed by atoms with Gasteiger partial charge < -0.3 is 10.1 Å². The van der Waals surface area contributed by atoms with Crippen LogP contribution < -0.4 is 5.32 Å². The molecule has 0 atom stereocenters. The molecule has 0 unspecified atom stereocenters. The molecule has 0 spiro atoms. The predicted molar refractivity (Wildman–Crippen MR) is 143 cm³/mol. The molecule has 0 bridgehead atoms. The summed E-state index contributed by atoms with van der Waals surface area (Å²) in [7, 11) is 1.82. The van der Waals surface area contributed by atoms with Crippen LogP contribution in [0.15, 0.2) is 16.9 Å². The van der Waals surface area contributed by atoms with Crippen molar-refractivity contribution >= 4 is 57.1 Å². The first-order chi connectivity index (χ1) is 17.2. The molecule has 3 heterocycles. The molecule has 0 aromatic carbocycles. The summed E-state index contributed by atoms with van der Waals surface area (Å²) in [5.74, 6) is -0.795.